The first kappa shape index (κ1) is 17.0. The van der Waals surface area contributed by atoms with Gasteiger partial charge < -0.3 is 24.1 Å². The van der Waals surface area contributed by atoms with Crippen molar-refractivity contribution in [2.24, 2.45) is 0 Å². The second-order valence-corrected chi connectivity index (χ2v) is 7.03. The highest BCUT2D eigenvalue weighted by atomic mass is 16.7. The number of hydrogen-bond donors (Lipinski definition) is 1. The van der Waals surface area contributed by atoms with Crippen LogP contribution in [0.5, 0.6) is 23.0 Å². The Kier molecular flexibility index (Phi) is 4.10. The van der Waals surface area contributed by atoms with E-state index in [2.05, 4.69) is 0 Å². The average Bonchev–Trinajstić information content (AvgIpc) is 3.36. The highest BCUT2D eigenvalue weighted by Gasteiger charge is 2.43. The first-order valence-electron chi connectivity index (χ1n) is 9.23. The Bertz CT molecular complexity index is 984. The summed E-state index contributed by atoms with van der Waals surface area (Å²) in [5.41, 5.74) is 2.37. The van der Waals surface area contributed by atoms with Crippen molar-refractivity contribution < 1.29 is 24.1 Å². The van der Waals surface area contributed by atoms with E-state index < -0.39 is 5.41 Å². The summed E-state index contributed by atoms with van der Waals surface area (Å²) in [6, 6.07) is 21.6. The summed E-state index contributed by atoms with van der Waals surface area (Å²) in [6.45, 7) is 1.02. The van der Waals surface area contributed by atoms with Gasteiger partial charge in [0, 0.05) is 11.6 Å². The Morgan fingerprint density at radius 2 is 1.61 bits per heavy atom. The Hall–Kier alpha value is -3.18. The quantitative estimate of drug-likeness (QED) is 0.736. The minimum Gasteiger partial charge on any atom is -0.492 e. The lowest BCUT2D eigenvalue weighted by molar-refractivity contribution is 0.171. The zero-order valence-electron chi connectivity index (χ0n) is 15.3. The van der Waals surface area contributed by atoms with Gasteiger partial charge in [-0.05, 0) is 29.3 Å². The highest BCUT2D eigenvalue weighted by Crippen LogP contribution is 2.49. The summed E-state index contributed by atoms with van der Waals surface area (Å²) >= 11 is 0. The standard InChI is InChI=1S/C23H20O5/c24-13-23(14-26-20-11-22-21(10-19(20)23)27-15-28-22)17-6-8-18(9-7-17)25-12-16-4-2-1-3-5-16/h1-11,24H,12-15H2/t23-/m0/s1. The molecule has 0 bridgehead atoms. The molecule has 0 saturated carbocycles. The van der Waals surface area contributed by atoms with Crippen molar-refractivity contribution in [1.29, 1.82) is 0 Å². The van der Waals surface area contributed by atoms with Gasteiger partial charge in [-0.15, -0.1) is 0 Å². The fourth-order valence-corrected chi connectivity index (χ4v) is 3.77. The van der Waals surface area contributed by atoms with E-state index in [9.17, 15) is 5.11 Å². The molecule has 0 spiro atoms. The molecular weight excluding hydrogens is 356 g/mol. The molecule has 0 aromatic heterocycles. The number of fused-ring (bicyclic) bond motifs is 2. The molecule has 2 aliphatic heterocycles. The molecule has 0 amide bonds. The van der Waals surface area contributed by atoms with E-state index in [1.807, 2.05) is 66.7 Å². The van der Waals surface area contributed by atoms with E-state index >= 15 is 0 Å². The van der Waals surface area contributed by atoms with Gasteiger partial charge in [-0.3, -0.25) is 0 Å². The molecule has 5 heteroatoms. The van der Waals surface area contributed by atoms with Gasteiger partial charge in [0.15, 0.2) is 11.5 Å². The molecule has 142 valence electrons. The molecule has 1 N–H and O–H groups in total. The van der Waals surface area contributed by atoms with E-state index in [4.69, 9.17) is 18.9 Å². The zero-order valence-corrected chi connectivity index (χ0v) is 15.3. The minimum atomic E-state index is -0.631. The normalized spacial score (nSPS) is 19.2. The third-order valence-corrected chi connectivity index (χ3v) is 5.39. The molecule has 0 fully saturated rings. The van der Waals surface area contributed by atoms with Gasteiger partial charge in [0.1, 0.15) is 24.7 Å². The maximum atomic E-state index is 10.3. The summed E-state index contributed by atoms with van der Waals surface area (Å²) < 4.78 is 22.7. The van der Waals surface area contributed by atoms with Crippen molar-refractivity contribution in [3.05, 3.63) is 83.4 Å². The maximum Gasteiger partial charge on any atom is 0.231 e. The van der Waals surface area contributed by atoms with Gasteiger partial charge in [0.2, 0.25) is 6.79 Å². The second-order valence-electron chi connectivity index (χ2n) is 7.03. The summed E-state index contributed by atoms with van der Waals surface area (Å²) in [7, 11) is 0. The van der Waals surface area contributed by atoms with E-state index in [0.29, 0.717) is 24.7 Å². The minimum absolute atomic E-state index is 0.0656. The lowest BCUT2D eigenvalue weighted by Crippen LogP contribution is -2.33. The van der Waals surface area contributed by atoms with Crippen LogP contribution in [0.1, 0.15) is 16.7 Å². The van der Waals surface area contributed by atoms with Gasteiger partial charge in [-0.1, -0.05) is 42.5 Å². The Labute approximate surface area is 163 Å². The number of rotatable bonds is 5. The van der Waals surface area contributed by atoms with Crippen molar-refractivity contribution in [3.63, 3.8) is 0 Å². The van der Waals surface area contributed by atoms with Crippen LogP contribution >= 0.6 is 0 Å². The largest absolute Gasteiger partial charge is 0.492 e. The van der Waals surface area contributed by atoms with Gasteiger partial charge in [-0.2, -0.15) is 0 Å². The SMILES string of the molecule is OC[C@@]1(c2ccc(OCc3ccccc3)cc2)COc2cc3c(cc21)OCO3. The number of ether oxygens (including phenoxy) is 4. The van der Waals surface area contributed by atoms with Crippen LogP contribution in [-0.4, -0.2) is 25.1 Å². The van der Waals surface area contributed by atoms with E-state index in [0.717, 1.165) is 28.2 Å². The van der Waals surface area contributed by atoms with Crippen LogP contribution in [0, 0.1) is 0 Å². The molecule has 3 aromatic carbocycles. The molecular formula is C23H20O5. The first-order chi connectivity index (χ1) is 13.8. The van der Waals surface area contributed by atoms with Crippen LogP contribution in [0.4, 0.5) is 0 Å². The lowest BCUT2D eigenvalue weighted by atomic mass is 9.76. The molecule has 5 nitrogen and oxygen atoms in total. The Morgan fingerprint density at radius 1 is 0.857 bits per heavy atom. The molecule has 1 atom stereocenters. The number of aliphatic hydroxyl groups excluding tert-OH is 1. The van der Waals surface area contributed by atoms with Gasteiger partial charge in [-0.25, -0.2) is 0 Å². The molecule has 28 heavy (non-hydrogen) atoms. The van der Waals surface area contributed by atoms with Crippen LogP contribution in [0.25, 0.3) is 0 Å². The van der Waals surface area contributed by atoms with Gasteiger partial charge >= 0.3 is 0 Å². The fraction of sp³-hybridized carbons (Fsp3) is 0.217. The Morgan fingerprint density at radius 3 is 2.36 bits per heavy atom. The van der Waals surface area contributed by atoms with Crippen molar-refractivity contribution in [2.45, 2.75) is 12.0 Å². The van der Waals surface area contributed by atoms with Crippen LogP contribution in [0.3, 0.4) is 0 Å². The van der Waals surface area contributed by atoms with E-state index in [1.165, 1.54) is 0 Å². The number of hydrogen-bond acceptors (Lipinski definition) is 5. The van der Waals surface area contributed by atoms with Crippen LogP contribution < -0.4 is 18.9 Å². The third kappa shape index (κ3) is 2.75. The van der Waals surface area contributed by atoms with Crippen LogP contribution in [-0.2, 0) is 12.0 Å². The van der Waals surface area contributed by atoms with Gasteiger partial charge in [0.25, 0.3) is 0 Å². The molecule has 3 aromatic rings. The van der Waals surface area contributed by atoms with E-state index in [1.54, 1.807) is 0 Å². The van der Waals surface area contributed by atoms with Crippen LogP contribution in [0.15, 0.2) is 66.7 Å². The molecule has 0 radical (unpaired) electrons. The smallest absolute Gasteiger partial charge is 0.231 e. The molecule has 5 rings (SSSR count). The van der Waals surface area contributed by atoms with Crippen LogP contribution in [0.2, 0.25) is 0 Å². The molecule has 0 aliphatic carbocycles. The third-order valence-electron chi connectivity index (χ3n) is 5.39. The second kappa shape index (κ2) is 6.77. The average molecular weight is 376 g/mol. The molecule has 0 saturated heterocycles. The van der Waals surface area contributed by atoms with E-state index in [-0.39, 0.29) is 13.4 Å². The number of benzene rings is 3. The summed E-state index contributed by atoms with van der Waals surface area (Å²) in [5, 5.41) is 10.3. The predicted octanol–water partition coefficient (Wildman–Crippen LogP) is 3.67. The zero-order chi connectivity index (χ0) is 19.0. The highest BCUT2D eigenvalue weighted by molar-refractivity contribution is 5.59. The van der Waals surface area contributed by atoms with Crippen molar-refractivity contribution in [1.82, 2.24) is 0 Å². The molecule has 2 aliphatic rings. The number of aliphatic hydroxyl groups is 1. The summed E-state index contributed by atoms with van der Waals surface area (Å²) in [4.78, 5) is 0. The predicted molar refractivity (Wildman–Crippen MR) is 103 cm³/mol. The monoisotopic (exact) mass is 376 g/mol. The topological polar surface area (TPSA) is 57.2 Å². The van der Waals surface area contributed by atoms with Gasteiger partial charge in [0.05, 0.1) is 12.0 Å². The van der Waals surface area contributed by atoms with Crippen molar-refractivity contribution in [3.8, 4) is 23.0 Å². The molecule has 0 unspecified atom stereocenters. The Balaban J connectivity index is 1.41. The summed E-state index contributed by atoms with van der Waals surface area (Å²) in [6.07, 6.45) is 0. The maximum absolute atomic E-state index is 10.3. The van der Waals surface area contributed by atoms with Crippen molar-refractivity contribution in [2.75, 3.05) is 20.0 Å². The lowest BCUT2D eigenvalue weighted by Gasteiger charge is -2.26. The fourth-order valence-electron chi connectivity index (χ4n) is 3.77. The van der Waals surface area contributed by atoms with Crippen molar-refractivity contribution >= 4 is 0 Å². The summed E-state index contributed by atoms with van der Waals surface area (Å²) in [5.74, 6) is 2.87. The first-order valence-corrected chi connectivity index (χ1v) is 9.23. The molecule has 2 heterocycles.